The van der Waals surface area contributed by atoms with E-state index >= 15 is 0 Å². The number of hydrogen-bond donors (Lipinski definition) is 0. The number of benzene rings is 1. The molecule has 0 saturated carbocycles. The standard InChI is InChI=1S/C12H10BrFN2O/c1-7-5-9(3-4-10(7)14)17-12-6-11(13)15-8(2)16-12/h3-6H,1-2H3. The Kier molecular flexibility index (Phi) is 3.38. The number of nitrogens with zero attached hydrogens (tertiary/aromatic N) is 2. The second kappa shape index (κ2) is 4.79. The van der Waals surface area contributed by atoms with Crippen molar-refractivity contribution in [3.63, 3.8) is 0 Å². The summed E-state index contributed by atoms with van der Waals surface area (Å²) in [6, 6.07) is 6.22. The molecular formula is C12H10BrFN2O. The molecule has 3 nitrogen and oxygen atoms in total. The fourth-order valence-electron chi connectivity index (χ4n) is 1.36. The molecule has 0 aliphatic heterocycles. The van der Waals surface area contributed by atoms with Gasteiger partial charge in [0.25, 0.3) is 0 Å². The normalized spacial score (nSPS) is 10.4. The van der Waals surface area contributed by atoms with Crippen LogP contribution in [0.3, 0.4) is 0 Å². The lowest BCUT2D eigenvalue weighted by Gasteiger charge is -2.06. The van der Waals surface area contributed by atoms with Crippen molar-refractivity contribution in [2.75, 3.05) is 0 Å². The van der Waals surface area contributed by atoms with Gasteiger partial charge in [0.2, 0.25) is 5.88 Å². The molecule has 0 spiro atoms. The predicted octanol–water partition coefficient (Wildman–Crippen LogP) is 3.79. The first-order chi connectivity index (χ1) is 8.04. The predicted molar refractivity (Wildman–Crippen MR) is 65.7 cm³/mol. The molecule has 0 atom stereocenters. The summed E-state index contributed by atoms with van der Waals surface area (Å²) >= 11 is 3.26. The van der Waals surface area contributed by atoms with Crippen molar-refractivity contribution in [2.24, 2.45) is 0 Å². The van der Waals surface area contributed by atoms with E-state index in [1.54, 1.807) is 32.0 Å². The van der Waals surface area contributed by atoms with Crippen molar-refractivity contribution in [1.29, 1.82) is 0 Å². The van der Waals surface area contributed by atoms with Crippen molar-refractivity contribution in [3.05, 3.63) is 46.1 Å². The van der Waals surface area contributed by atoms with Crippen molar-refractivity contribution >= 4 is 15.9 Å². The third-order valence-corrected chi connectivity index (χ3v) is 2.54. The zero-order valence-corrected chi connectivity index (χ0v) is 11.0. The summed E-state index contributed by atoms with van der Waals surface area (Å²) in [5.41, 5.74) is 0.535. The monoisotopic (exact) mass is 296 g/mol. The summed E-state index contributed by atoms with van der Waals surface area (Å²) in [5.74, 6) is 1.33. The second-order valence-corrected chi connectivity index (χ2v) is 4.40. The Morgan fingerprint density at radius 3 is 2.59 bits per heavy atom. The summed E-state index contributed by atoms with van der Waals surface area (Å²) in [5, 5.41) is 0. The van der Waals surface area contributed by atoms with E-state index in [1.165, 1.54) is 6.07 Å². The third-order valence-electron chi connectivity index (χ3n) is 2.14. The van der Waals surface area contributed by atoms with Crippen LogP contribution in [0.5, 0.6) is 11.6 Å². The van der Waals surface area contributed by atoms with E-state index in [0.29, 0.717) is 27.6 Å². The summed E-state index contributed by atoms with van der Waals surface area (Å²) in [7, 11) is 0. The van der Waals surface area contributed by atoms with Gasteiger partial charge in [-0.1, -0.05) is 0 Å². The molecule has 0 saturated heterocycles. The minimum atomic E-state index is -0.252. The van der Waals surface area contributed by atoms with Gasteiger partial charge in [0.15, 0.2) is 0 Å². The number of aryl methyl sites for hydroxylation is 2. The van der Waals surface area contributed by atoms with Gasteiger partial charge in [0.1, 0.15) is 22.0 Å². The summed E-state index contributed by atoms with van der Waals surface area (Å²) in [6.45, 7) is 3.46. The Hall–Kier alpha value is -1.49. The van der Waals surface area contributed by atoms with Gasteiger partial charge in [-0.2, -0.15) is 4.98 Å². The molecule has 0 aliphatic rings. The van der Waals surface area contributed by atoms with Crippen molar-refractivity contribution in [2.45, 2.75) is 13.8 Å². The molecule has 0 unspecified atom stereocenters. The van der Waals surface area contributed by atoms with Crippen molar-refractivity contribution in [1.82, 2.24) is 9.97 Å². The van der Waals surface area contributed by atoms with Crippen LogP contribution < -0.4 is 4.74 Å². The van der Waals surface area contributed by atoms with Crippen LogP contribution in [-0.2, 0) is 0 Å². The number of hydrogen-bond acceptors (Lipinski definition) is 3. The number of aromatic nitrogens is 2. The van der Waals surface area contributed by atoms with Crippen LogP contribution in [0.2, 0.25) is 0 Å². The Morgan fingerprint density at radius 1 is 1.18 bits per heavy atom. The first-order valence-electron chi connectivity index (χ1n) is 5.00. The Balaban J connectivity index is 2.28. The van der Waals surface area contributed by atoms with Crippen LogP contribution in [0.4, 0.5) is 4.39 Å². The van der Waals surface area contributed by atoms with E-state index in [4.69, 9.17) is 4.74 Å². The van der Waals surface area contributed by atoms with Crippen molar-refractivity contribution in [3.8, 4) is 11.6 Å². The molecule has 2 aromatic rings. The Morgan fingerprint density at radius 2 is 1.94 bits per heavy atom. The van der Waals surface area contributed by atoms with E-state index in [9.17, 15) is 4.39 Å². The fourth-order valence-corrected chi connectivity index (χ4v) is 1.81. The van der Waals surface area contributed by atoms with Crippen molar-refractivity contribution < 1.29 is 9.13 Å². The number of rotatable bonds is 2. The van der Waals surface area contributed by atoms with E-state index in [0.717, 1.165) is 0 Å². The highest BCUT2D eigenvalue weighted by Gasteiger charge is 2.04. The molecule has 5 heteroatoms. The zero-order valence-electron chi connectivity index (χ0n) is 9.37. The van der Waals surface area contributed by atoms with Gasteiger partial charge >= 0.3 is 0 Å². The van der Waals surface area contributed by atoms with Crippen LogP contribution in [-0.4, -0.2) is 9.97 Å². The summed E-state index contributed by atoms with van der Waals surface area (Å²) in [4.78, 5) is 8.20. The van der Waals surface area contributed by atoms with Crippen LogP contribution in [0.15, 0.2) is 28.9 Å². The maximum absolute atomic E-state index is 13.1. The molecular weight excluding hydrogens is 287 g/mol. The number of ether oxygens (including phenoxy) is 1. The average Bonchev–Trinajstić information content (AvgIpc) is 2.22. The molecule has 0 N–H and O–H groups in total. The fraction of sp³-hybridized carbons (Fsp3) is 0.167. The van der Waals surface area contributed by atoms with Gasteiger partial charge in [0.05, 0.1) is 0 Å². The molecule has 0 aliphatic carbocycles. The quantitative estimate of drug-likeness (QED) is 0.791. The zero-order chi connectivity index (χ0) is 12.4. The average molecular weight is 297 g/mol. The van der Waals surface area contributed by atoms with Crippen LogP contribution in [0.1, 0.15) is 11.4 Å². The van der Waals surface area contributed by atoms with E-state index in [1.807, 2.05) is 0 Å². The van der Waals surface area contributed by atoms with Crippen LogP contribution in [0.25, 0.3) is 0 Å². The summed E-state index contributed by atoms with van der Waals surface area (Å²) in [6.07, 6.45) is 0. The molecule has 88 valence electrons. The van der Waals surface area contributed by atoms with Crippen LogP contribution in [0, 0.1) is 19.7 Å². The largest absolute Gasteiger partial charge is 0.439 e. The molecule has 1 aromatic carbocycles. The number of halogens is 2. The Bertz CT molecular complexity index is 540. The van der Waals surface area contributed by atoms with E-state index in [2.05, 4.69) is 25.9 Å². The highest BCUT2D eigenvalue weighted by molar-refractivity contribution is 9.10. The maximum Gasteiger partial charge on any atom is 0.223 e. The molecule has 0 radical (unpaired) electrons. The second-order valence-electron chi connectivity index (χ2n) is 3.59. The minimum absolute atomic E-state index is 0.252. The molecule has 0 amide bonds. The van der Waals surface area contributed by atoms with Gasteiger partial charge in [0, 0.05) is 6.07 Å². The summed E-state index contributed by atoms with van der Waals surface area (Å²) < 4.78 is 19.3. The molecule has 0 fully saturated rings. The molecule has 0 bridgehead atoms. The third kappa shape index (κ3) is 3.00. The van der Waals surface area contributed by atoms with E-state index in [-0.39, 0.29) is 5.82 Å². The molecule has 1 aromatic heterocycles. The van der Waals surface area contributed by atoms with Crippen LogP contribution >= 0.6 is 15.9 Å². The smallest absolute Gasteiger partial charge is 0.223 e. The SMILES string of the molecule is Cc1nc(Br)cc(Oc2ccc(F)c(C)c2)n1. The van der Waals surface area contributed by atoms with E-state index < -0.39 is 0 Å². The van der Waals surface area contributed by atoms with Gasteiger partial charge < -0.3 is 4.74 Å². The van der Waals surface area contributed by atoms with Gasteiger partial charge in [-0.05, 0) is 53.5 Å². The lowest BCUT2D eigenvalue weighted by molar-refractivity contribution is 0.457. The first kappa shape index (κ1) is 12.0. The lowest BCUT2D eigenvalue weighted by atomic mass is 10.2. The molecule has 1 heterocycles. The van der Waals surface area contributed by atoms with Gasteiger partial charge in [-0.15, -0.1) is 0 Å². The topological polar surface area (TPSA) is 35.0 Å². The molecule has 17 heavy (non-hydrogen) atoms. The highest BCUT2D eigenvalue weighted by atomic mass is 79.9. The molecule has 2 rings (SSSR count). The van der Waals surface area contributed by atoms with Gasteiger partial charge in [-0.3, -0.25) is 0 Å². The highest BCUT2D eigenvalue weighted by Crippen LogP contribution is 2.23. The van der Waals surface area contributed by atoms with Gasteiger partial charge in [-0.25, -0.2) is 9.37 Å². The Labute approximate surface area is 107 Å². The maximum atomic E-state index is 13.1. The first-order valence-corrected chi connectivity index (χ1v) is 5.79. The minimum Gasteiger partial charge on any atom is -0.439 e. The lowest BCUT2D eigenvalue weighted by Crippen LogP contribution is -1.94.